The minimum absolute atomic E-state index is 0.184. The predicted molar refractivity (Wildman–Crippen MR) is 87.1 cm³/mol. The maximum Gasteiger partial charge on any atom is 0.251 e. The molecule has 3 nitrogen and oxygen atoms in total. The van der Waals surface area contributed by atoms with E-state index in [0.29, 0.717) is 11.1 Å². The van der Waals surface area contributed by atoms with Gasteiger partial charge in [0, 0.05) is 10.5 Å². The van der Waals surface area contributed by atoms with Crippen LogP contribution in [0.4, 0.5) is 4.39 Å². The van der Waals surface area contributed by atoms with Crippen LogP contribution in [-0.4, -0.2) is 19.3 Å². The monoisotopic (exact) mass is 319 g/mol. The molecule has 1 N–H and O–H groups in total. The molecular formula is C17H18FNO2S. The Labute approximate surface area is 133 Å². The molecule has 0 aromatic heterocycles. The van der Waals surface area contributed by atoms with Crippen LogP contribution in [0.5, 0.6) is 5.75 Å². The van der Waals surface area contributed by atoms with Gasteiger partial charge in [-0.2, -0.15) is 0 Å². The normalized spacial score (nSPS) is 11.8. The highest BCUT2D eigenvalue weighted by atomic mass is 32.2. The Morgan fingerprint density at radius 1 is 1.23 bits per heavy atom. The van der Waals surface area contributed by atoms with E-state index < -0.39 is 5.82 Å². The van der Waals surface area contributed by atoms with Gasteiger partial charge in [-0.25, -0.2) is 4.39 Å². The lowest BCUT2D eigenvalue weighted by molar-refractivity contribution is 0.0939. The van der Waals surface area contributed by atoms with Gasteiger partial charge in [-0.05, 0) is 55.1 Å². The number of benzene rings is 2. The molecule has 0 saturated heterocycles. The van der Waals surface area contributed by atoms with Gasteiger partial charge in [-0.15, -0.1) is 11.8 Å². The van der Waals surface area contributed by atoms with E-state index in [4.69, 9.17) is 4.74 Å². The van der Waals surface area contributed by atoms with Crippen molar-refractivity contribution in [2.24, 2.45) is 0 Å². The largest absolute Gasteiger partial charge is 0.494 e. The summed E-state index contributed by atoms with van der Waals surface area (Å²) in [6, 6.07) is 11.7. The summed E-state index contributed by atoms with van der Waals surface area (Å²) in [5.74, 6) is -0.434. The lowest BCUT2D eigenvalue weighted by Crippen LogP contribution is -2.26. The van der Waals surface area contributed by atoms with Crippen molar-refractivity contribution >= 4 is 17.7 Å². The molecule has 0 spiro atoms. The van der Waals surface area contributed by atoms with E-state index in [1.165, 1.54) is 13.2 Å². The highest BCUT2D eigenvalue weighted by molar-refractivity contribution is 7.98. The summed E-state index contributed by atoms with van der Waals surface area (Å²) in [6.07, 6.45) is 1.98. The number of ether oxygens (including phenoxy) is 1. The Balaban J connectivity index is 2.08. The van der Waals surface area contributed by atoms with Gasteiger partial charge >= 0.3 is 0 Å². The average Bonchev–Trinajstić information content (AvgIpc) is 2.54. The molecule has 0 unspecified atom stereocenters. The zero-order valence-corrected chi connectivity index (χ0v) is 13.5. The topological polar surface area (TPSA) is 38.3 Å². The van der Waals surface area contributed by atoms with E-state index in [0.717, 1.165) is 4.90 Å². The number of hydrogen-bond donors (Lipinski definition) is 1. The Hall–Kier alpha value is -2.01. The van der Waals surface area contributed by atoms with Crippen LogP contribution < -0.4 is 10.1 Å². The molecule has 22 heavy (non-hydrogen) atoms. The first-order valence-electron chi connectivity index (χ1n) is 6.83. The molecule has 0 saturated carbocycles. The number of methoxy groups -OCH3 is 1. The van der Waals surface area contributed by atoms with Crippen LogP contribution in [0.1, 0.15) is 28.9 Å². The summed E-state index contributed by atoms with van der Waals surface area (Å²) in [5.41, 5.74) is 1.27. The summed E-state index contributed by atoms with van der Waals surface area (Å²) in [5, 5.41) is 2.86. The zero-order chi connectivity index (χ0) is 16.1. The van der Waals surface area contributed by atoms with E-state index >= 15 is 0 Å². The molecule has 2 aromatic rings. The van der Waals surface area contributed by atoms with Gasteiger partial charge in [0.25, 0.3) is 5.91 Å². The van der Waals surface area contributed by atoms with Gasteiger partial charge in [-0.3, -0.25) is 4.79 Å². The van der Waals surface area contributed by atoms with Crippen molar-refractivity contribution in [1.29, 1.82) is 0 Å². The highest BCUT2D eigenvalue weighted by Gasteiger charge is 2.13. The Kier molecular flexibility index (Phi) is 5.44. The van der Waals surface area contributed by atoms with Crippen molar-refractivity contribution in [2.45, 2.75) is 17.9 Å². The second-order valence-electron chi connectivity index (χ2n) is 4.82. The summed E-state index contributed by atoms with van der Waals surface area (Å²) in [7, 11) is 1.42. The SMILES string of the molecule is COc1ccc([C@@H](C)NC(=O)c2ccc(SC)cc2)cc1F. The molecule has 0 aliphatic rings. The number of carbonyl (C=O) groups is 1. The molecule has 0 aliphatic carbocycles. The van der Waals surface area contributed by atoms with Crippen molar-refractivity contribution in [2.75, 3.05) is 13.4 Å². The summed E-state index contributed by atoms with van der Waals surface area (Å²) in [4.78, 5) is 13.3. The fourth-order valence-electron chi connectivity index (χ4n) is 2.06. The third kappa shape index (κ3) is 3.80. The number of rotatable bonds is 5. The second kappa shape index (κ2) is 7.31. The molecule has 2 aromatic carbocycles. The standard InChI is InChI=1S/C17H18FNO2S/c1-11(13-6-9-16(21-2)15(18)10-13)19-17(20)12-4-7-14(22-3)8-5-12/h4-11H,1-3H3,(H,19,20)/t11-/m1/s1. The molecule has 0 heterocycles. The first-order valence-corrected chi connectivity index (χ1v) is 8.06. The third-order valence-electron chi connectivity index (χ3n) is 3.38. The van der Waals surface area contributed by atoms with Gasteiger partial charge in [0.1, 0.15) is 0 Å². The van der Waals surface area contributed by atoms with Gasteiger partial charge in [0.05, 0.1) is 13.2 Å². The van der Waals surface area contributed by atoms with Crippen molar-refractivity contribution in [3.8, 4) is 5.75 Å². The first-order chi connectivity index (χ1) is 10.5. The third-order valence-corrected chi connectivity index (χ3v) is 4.12. The number of hydrogen-bond acceptors (Lipinski definition) is 3. The number of amides is 1. The predicted octanol–water partition coefficient (Wildman–Crippen LogP) is 4.05. The van der Waals surface area contributed by atoms with Crippen molar-refractivity contribution in [1.82, 2.24) is 5.32 Å². The maximum absolute atomic E-state index is 13.7. The van der Waals surface area contributed by atoms with Crippen LogP contribution in [-0.2, 0) is 0 Å². The zero-order valence-electron chi connectivity index (χ0n) is 12.7. The summed E-state index contributed by atoms with van der Waals surface area (Å²) >= 11 is 1.62. The minimum Gasteiger partial charge on any atom is -0.494 e. The van der Waals surface area contributed by atoms with Crippen LogP contribution in [0, 0.1) is 5.82 Å². The average molecular weight is 319 g/mol. The molecule has 1 atom stereocenters. The van der Waals surface area contributed by atoms with E-state index in [1.807, 2.05) is 25.3 Å². The Morgan fingerprint density at radius 2 is 1.91 bits per heavy atom. The van der Waals surface area contributed by atoms with E-state index in [-0.39, 0.29) is 17.7 Å². The van der Waals surface area contributed by atoms with Crippen molar-refractivity contribution < 1.29 is 13.9 Å². The van der Waals surface area contributed by atoms with E-state index in [9.17, 15) is 9.18 Å². The second-order valence-corrected chi connectivity index (χ2v) is 5.70. The van der Waals surface area contributed by atoms with Crippen molar-refractivity contribution in [3.05, 3.63) is 59.4 Å². The van der Waals surface area contributed by atoms with Gasteiger partial charge in [0.15, 0.2) is 11.6 Å². The van der Waals surface area contributed by atoms with Crippen LogP contribution in [0.3, 0.4) is 0 Å². The molecule has 1 amide bonds. The fourth-order valence-corrected chi connectivity index (χ4v) is 2.47. The molecular weight excluding hydrogens is 301 g/mol. The fraction of sp³-hybridized carbons (Fsp3) is 0.235. The minimum atomic E-state index is -0.439. The van der Waals surface area contributed by atoms with Crippen LogP contribution >= 0.6 is 11.8 Å². The number of nitrogens with one attached hydrogen (secondary N) is 1. The number of halogens is 1. The highest BCUT2D eigenvalue weighted by Crippen LogP contribution is 2.22. The van der Waals surface area contributed by atoms with Gasteiger partial charge in [-0.1, -0.05) is 6.07 Å². The maximum atomic E-state index is 13.7. The Bertz CT molecular complexity index is 658. The van der Waals surface area contributed by atoms with Gasteiger partial charge in [0.2, 0.25) is 0 Å². The lowest BCUT2D eigenvalue weighted by Gasteiger charge is -2.15. The van der Waals surface area contributed by atoms with E-state index in [2.05, 4.69) is 5.32 Å². The molecule has 5 heteroatoms. The quantitative estimate of drug-likeness (QED) is 0.845. The lowest BCUT2D eigenvalue weighted by atomic mass is 10.1. The molecule has 0 radical (unpaired) electrons. The molecule has 2 rings (SSSR count). The Morgan fingerprint density at radius 3 is 2.45 bits per heavy atom. The summed E-state index contributed by atoms with van der Waals surface area (Å²) in [6.45, 7) is 1.81. The molecule has 116 valence electrons. The molecule has 0 aliphatic heterocycles. The van der Waals surface area contributed by atoms with E-state index in [1.54, 1.807) is 36.0 Å². The van der Waals surface area contributed by atoms with Crippen LogP contribution in [0.2, 0.25) is 0 Å². The molecule has 0 bridgehead atoms. The van der Waals surface area contributed by atoms with Crippen LogP contribution in [0.25, 0.3) is 0 Å². The number of thioether (sulfide) groups is 1. The summed E-state index contributed by atoms with van der Waals surface area (Å²) < 4.78 is 18.6. The first kappa shape index (κ1) is 16.4. The van der Waals surface area contributed by atoms with Crippen LogP contribution in [0.15, 0.2) is 47.4 Å². The van der Waals surface area contributed by atoms with Crippen molar-refractivity contribution in [3.63, 3.8) is 0 Å². The molecule has 0 fully saturated rings. The smallest absolute Gasteiger partial charge is 0.251 e. The number of carbonyl (C=O) groups excluding carboxylic acids is 1. The van der Waals surface area contributed by atoms with Gasteiger partial charge < -0.3 is 10.1 Å².